The summed E-state index contributed by atoms with van der Waals surface area (Å²) in [5, 5.41) is 1.63. The molecule has 0 bridgehead atoms. The third-order valence-corrected chi connectivity index (χ3v) is 3.16. The smallest absolute Gasteiger partial charge is 0.142 e. The number of nitrogens with one attached hydrogen (secondary N) is 1. The number of aromatic amines is 1. The van der Waals surface area contributed by atoms with Gasteiger partial charge in [0, 0.05) is 17.0 Å². The molecule has 3 nitrogen and oxygen atoms in total. The van der Waals surface area contributed by atoms with Gasteiger partial charge < -0.3 is 4.98 Å². The summed E-state index contributed by atoms with van der Waals surface area (Å²) >= 11 is 6.24. The van der Waals surface area contributed by atoms with Crippen LogP contribution in [0, 0.1) is 0 Å². The number of H-pyrrole nitrogens is 1. The summed E-state index contributed by atoms with van der Waals surface area (Å²) < 4.78 is 0. The van der Waals surface area contributed by atoms with E-state index in [1.807, 2.05) is 0 Å². The molecule has 0 saturated heterocycles. The van der Waals surface area contributed by atoms with Crippen molar-refractivity contribution in [2.45, 2.75) is 52.4 Å². The summed E-state index contributed by atoms with van der Waals surface area (Å²) in [4.78, 5) is 12.5. The Morgan fingerprint density at radius 1 is 1.00 bits per heavy atom. The van der Waals surface area contributed by atoms with Crippen LogP contribution in [0.2, 0.25) is 5.02 Å². The zero-order valence-corrected chi connectivity index (χ0v) is 12.6. The van der Waals surface area contributed by atoms with Crippen molar-refractivity contribution in [3.8, 4) is 0 Å². The molecule has 0 aliphatic rings. The van der Waals surface area contributed by atoms with E-state index in [0.29, 0.717) is 5.02 Å². The minimum Gasteiger partial charge on any atom is -0.344 e. The molecular weight excluding hydrogens is 246 g/mol. The molecule has 4 heteroatoms. The molecular formula is C14H20ClN3. The molecule has 0 aliphatic heterocycles. The van der Waals surface area contributed by atoms with E-state index < -0.39 is 0 Å². The highest BCUT2D eigenvalue weighted by molar-refractivity contribution is 6.35. The van der Waals surface area contributed by atoms with Crippen molar-refractivity contribution >= 4 is 22.6 Å². The van der Waals surface area contributed by atoms with E-state index in [-0.39, 0.29) is 10.8 Å². The summed E-state index contributed by atoms with van der Waals surface area (Å²) in [6.45, 7) is 12.8. The summed E-state index contributed by atoms with van der Waals surface area (Å²) in [5.41, 5.74) is 1.69. The van der Waals surface area contributed by atoms with Gasteiger partial charge in [0.25, 0.3) is 0 Å². The van der Waals surface area contributed by atoms with Crippen molar-refractivity contribution in [2.75, 3.05) is 0 Å². The van der Waals surface area contributed by atoms with Gasteiger partial charge >= 0.3 is 0 Å². The van der Waals surface area contributed by atoms with E-state index in [4.69, 9.17) is 16.6 Å². The minimum atomic E-state index is -0.0776. The van der Waals surface area contributed by atoms with Gasteiger partial charge in [0.1, 0.15) is 11.5 Å². The molecule has 0 aromatic carbocycles. The van der Waals surface area contributed by atoms with Crippen LogP contribution in [0.4, 0.5) is 0 Å². The first kappa shape index (κ1) is 13.3. The first-order chi connectivity index (χ1) is 8.10. The van der Waals surface area contributed by atoms with E-state index in [1.54, 1.807) is 6.20 Å². The lowest BCUT2D eigenvalue weighted by Gasteiger charge is -2.23. The number of hydrogen-bond donors (Lipinski definition) is 1. The van der Waals surface area contributed by atoms with Gasteiger partial charge in [-0.05, 0) is 0 Å². The van der Waals surface area contributed by atoms with Gasteiger partial charge in [-0.2, -0.15) is 0 Å². The zero-order valence-electron chi connectivity index (χ0n) is 11.8. The van der Waals surface area contributed by atoms with E-state index >= 15 is 0 Å². The Bertz CT molecular complexity index is 585. The molecule has 1 N–H and O–H groups in total. The summed E-state index contributed by atoms with van der Waals surface area (Å²) in [7, 11) is 0. The maximum absolute atomic E-state index is 6.24. The van der Waals surface area contributed by atoms with Crippen molar-refractivity contribution < 1.29 is 0 Å². The standard InChI is InChI=1S/C14H20ClN3/c1-13(2,3)10-9-8(15)7-16-11(9)18-12(17-10)14(4,5)6/h7H,1-6H3,(H,16,17,18). The molecule has 0 amide bonds. The fourth-order valence-electron chi connectivity index (χ4n) is 1.87. The SMILES string of the molecule is CC(C)(C)c1nc(C(C)(C)C)c2c(Cl)c[nH]c2n1. The second-order valence-corrected chi connectivity index (χ2v) is 7.16. The monoisotopic (exact) mass is 265 g/mol. The van der Waals surface area contributed by atoms with Crippen molar-refractivity contribution in [3.63, 3.8) is 0 Å². The molecule has 0 atom stereocenters. The van der Waals surface area contributed by atoms with Crippen LogP contribution in [0.3, 0.4) is 0 Å². The van der Waals surface area contributed by atoms with Crippen molar-refractivity contribution in [3.05, 3.63) is 22.7 Å². The maximum Gasteiger partial charge on any atom is 0.142 e. The quantitative estimate of drug-likeness (QED) is 0.775. The molecule has 0 fully saturated rings. The average Bonchev–Trinajstić information content (AvgIpc) is 2.56. The molecule has 2 rings (SSSR count). The normalized spacial score (nSPS) is 13.3. The van der Waals surface area contributed by atoms with Crippen LogP contribution in [0.5, 0.6) is 0 Å². The number of aromatic nitrogens is 3. The molecule has 2 heterocycles. The van der Waals surface area contributed by atoms with Crippen LogP contribution in [-0.4, -0.2) is 15.0 Å². The Hall–Kier alpha value is -1.09. The number of nitrogens with zero attached hydrogens (tertiary/aromatic N) is 2. The van der Waals surface area contributed by atoms with Gasteiger partial charge in [0.2, 0.25) is 0 Å². The third-order valence-electron chi connectivity index (χ3n) is 2.86. The molecule has 98 valence electrons. The molecule has 0 spiro atoms. The Morgan fingerprint density at radius 3 is 2.11 bits per heavy atom. The van der Waals surface area contributed by atoms with Crippen LogP contribution in [0.1, 0.15) is 53.1 Å². The second-order valence-electron chi connectivity index (χ2n) is 6.76. The Morgan fingerprint density at radius 2 is 1.61 bits per heavy atom. The Kier molecular flexibility index (Phi) is 2.93. The highest BCUT2D eigenvalue weighted by atomic mass is 35.5. The maximum atomic E-state index is 6.24. The van der Waals surface area contributed by atoms with Crippen LogP contribution >= 0.6 is 11.6 Å². The first-order valence-corrected chi connectivity index (χ1v) is 6.54. The molecule has 0 radical (unpaired) electrons. The van der Waals surface area contributed by atoms with E-state index in [0.717, 1.165) is 22.6 Å². The largest absolute Gasteiger partial charge is 0.344 e. The average molecular weight is 266 g/mol. The third kappa shape index (κ3) is 2.24. The van der Waals surface area contributed by atoms with Crippen LogP contribution in [0.25, 0.3) is 11.0 Å². The topological polar surface area (TPSA) is 41.6 Å². The van der Waals surface area contributed by atoms with Crippen LogP contribution < -0.4 is 0 Å². The molecule has 0 aliphatic carbocycles. The van der Waals surface area contributed by atoms with Gasteiger partial charge in [0.15, 0.2) is 0 Å². The van der Waals surface area contributed by atoms with Gasteiger partial charge in [-0.3, -0.25) is 0 Å². The molecule has 0 saturated carbocycles. The lowest BCUT2D eigenvalue weighted by Crippen LogP contribution is -2.22. The van der Waals surface area contributed by atoms with Crippen LogP contribution in [-0.2, 0) is 10.8 Å². The van der Waals surface area contributed by atoms with Gasteiger partial charge in [-0.25, -0.2) is 9.97 Å². The van der Waals surface area contributed by atoms with Crippen molar-refractivity contribution in [1.82, 2.24) is 15.0 Å². The number of hydrogen-bond acceptors (Lipinski definition) is 2. The predicted molar refractivity (Wildman–Crippen MR) is 76.3 cm³/mol. The number of rotatable bonds is 0. The first-order valence-electron chi connectivity index (χ1n) is 6.16. The second kappa shape index (κ2) is 3.95. The lowest BCUT2D eigenvalue weighted by molar-refractivity contribution is 0.520. The molecule has 2 aromatic heterocycles. The summed E-state index contributed by atoms with van der Waals surface area (Å²) in [6.07, 6.45) is 1.78. The van der Waals surface area contributed by atoms with Crippen molar-refractivity contribution in [1.29, 1.82) is 0 Å². The van der Waals surface area contributed by atoms with Gasteiger partial charge in [-0.1, -0.05) is 53.1 Å². The van der Waals surface area contributed by atoms with Crippen LogP contribution in [0.15, 0.2) is 6.20 Å². The molecule has 18 heavy (non-hydrogen) atoms. The van der Waals surface area contributed by atoms with E-state index in [1.165, 1.54) is 0 Å². The predicted octanol–water partition coefficient (Wildman–Crippen LogP) is 4.21. The molecule has 0 unspecified atom stereocenters. The Balaban J connectivity index is 2.83. The Labute approximate surface area is 113 Å². The van der Waals surface area contributed by atoms with E-state index in [9.17, 15) is 0 Å². The van der Waals surface area contributed by atoms with Crippen molar-refractivity contribution in [2.24, 2.45) is 0 Å². The highest BCUT2D eigenvalue weighted by Gasteiger charge is 2.26. The minimum absolute atomic E-state index is 0.0625. The zero-order chi connectivity index (χ0) is 13.7. The number of halogens is 1. The van der Waals surface area contributed by atoms with E-state index in [2.05, 4.69) is 51.5 Å². The highest BCUT2D eigenvalue weighted by Crippen LogP contribution is 2.34. The summed E-state index contributed by atoms with van der Waals surface area (Å²) in [5.74, 6) is 0.846. The fourth-order valence-corrected chi connectivity index (χ4v) is 2.11. The van der Waals surface area contributed by atoms with Gasteiger partial charge in [-0.15, -0.1) is 0 Å². The lowest BCUT2D eigenvalue weighted by atomic mass is 9.88. The summed E-state index contributed by atoms with van der Waals surface area (Å²) in [6, 6.07) is 0. The van der Waals surface area contributed by atoms with Gasteiger partial charge in [0.05, 0.1) is 16.1 Å². The fraction of sp³-hybridized carbons (Fsp3) is 0.571. The molecule has 2 aromatic rings. The number of fused-ring (bicyclic) bond motifs is 1.